The molecule has 2 aromatic carbocycles. The predicted octanol–water partition coefficient (Wildman–Crippen LogP) is 3.19. The van der Waals surface area contributed by atoms with Gasteiger partial charge in [-0.2, -0.15) is 0 Å². The molecular formula is C21H26N2O3. The molecule has 26 heavy (non-hydrogen) atoms. The van der Waals surface area contributed by atoms with Crippen LogP contribution in [0.3, 0.4) is 0 Å². The number of ether oxygens (including phenoxy) is 2. The minimum atomic E-state index is 0.0677. The summed E-state index contributed by atoms with van der Waals surface area (Å²) in [6.07, 6.45) is 0. The van der Waals surface area contributed by atoms with E-state index in [0.29, 0.717) is 18.8 Å². The quantitative estimate of drug-likeness (QED) is 0.799. The molecule has 1 heterocycles. The Morgan fingerprint density at radius 1 is 1.04 bits per heavy atom. The number of carbonyl (C=O) groups is 1. The summed E-state index contributed by atoms with van der Waals surface area (Å²) in [5, 5.41) is 0. The third-order valence-electron chi connectivity index (χ3n) is 4.60. The van der Waals surface area contributed by atoms with Gasteiger partial charge in [0.2, 0.25) is 0 Å². The molecule has 1 amide bonds. The van der Waals surface area contributed by atoms with Gasteiger partial charge in [0.1, 0.15) is 5.75 Å². The number of piperazine rings is 1. The fraction of sp³-hybridized carbons (Fsp3) is 0.381. The number of hydrogen-bond acceptors (Lipinski definition) is 4. The number of rotatable bonds is 6. The molecule has 3 rings (SSSR count). The Kier molecular flexibility index (Phi) is 6.12. The third-order valence-corrected chi connectivity index (χ3v) is 4.60. The summed E-state index contributed by atoms with van der Waals surface area (Å²) in [4.78, 5) is 17.1. The molecule has 0 saturated carbocycles. The number of methoxy groups -OCH3 is 1. The highest BCUT2D eigenvalue weighted by molar-refractivity contribution is 5.94. The van der Waals surface area contributed by atoms with Crippen LogP contribution in [0.4, 0.5) is 5.69 Å². The minimum absolute atomic E-state index is 0.0677. The highest BCUT2D eigenvalue weighted by Gasteiger charge is 2.23. The lowest BCUT2D eigenvalue weighted by Gasteiger charge is -2.36. The number of hydrogen-bond donors (Lipinski definition) is 0. The van der Waals surface area contributed by atoms with E-state index in [1.165, 1.54) is 5.69 Å². The van der Waals surface area contributed by atoms with Crippen molar-refractivity contribution in [3.63, 3.8) is 0 Å². The van der Waals surface area contributed by atoms with Crippen molar-refractivity contribution in [3.8, 4) is 5.75 Å². The van der Waals surface area contributed by atoms with Gasteiger partial charge >= 0.3 is 0 Å². The van der Waals surface area contributed by atoms with Crippen molar-refractivity contribution < 1.29 is 14.3 Å². The van der Waals surface area contributed by atoms with Crippen LogP contribution in [0.15, 0.2) is 48.5 Å². The molecule has 0 radical (unpaired) electrons. The molecule has 2 aromatic rings. The van der Waals surface area contributed by atoms with Crippen LogP contribution in [-0.4, -0.2) is 50.7 Å². The molecule has 0 bridgehead atoms. The van der Waals surface area contributed by atoms with Crippen LogP contribution in [0.2, 0.25) is 0 Å². The number of carbonyl (C=O) groups excluding carboxylic acids is 1. The maximum atomic E-state index is 12.9. The summed E-state index contributed by atoms with van der Waals surface area (Å²) in [5.41, 5.74) is 2.81. The Morgan fingerprint density at radius 2 is 1.77 bits per heavy atom. The average Bonchev–Trinajstić information content (AvgIpc) is 2.70. The number of benzene rings is 2. The molecule has 0 atom stereocenters. The molecule has 5 heteroatoms. The standard InChI is InChI=1S/C21H26N2O3/c1-3-26-20-10-9-17(15-18(20)16-25-2)21(24)23-13-11-22(12-14-23)19-7-5-4-6-8-19/h4-10,15H,3,11-14,16H2,1-2H3. The van der Waals surface area contributed by atoms with E-state index in [1.54, 1.807) is 7.11 Å². The lowest BCUT2D eigenvalue weighted by molar-refractivity contribution is 0.0746. The maximum Gasteiger partial charge on any atom is 0.253 e. The molecule has 1 fully saturated rings. The van der Waals surface area contributed by atoms with E-state index in [1.807, 2.05) is 48.2 Å². The van der Waals surface area contributed by atoms with E-state index in [-0.39, 0.29) is 5.91 Å². The smallest absolute Gasteiger partial charge is 0.253 e. The van der Waals surface area contributed by atoms with Gasteiger partial charge in [0.05, 0.1) is 13.2 Å². The second-order valence-electron chi connectivity index (χ2n) is 6.30. The summed E-state index contributed by atoms with van der Waals surface area (Å²) in [6, 6.07) is 15.9. The Hall–Kier alpha value is -2.53. The largest absolute Gasteiger partial charge is 0.494 e. The first-order chi connectivity index (χ1) is 12.7. The van der Waals surface area contributed by atoms with Gasteiger partial charge in [-0.1, -0.05) is 18.2 Å². The van der Waals surface area contributed by atoms with Gasteiger partial charge in [0, 0.05) is 50.1 Å². The Morgan fingerprint density at radius 3 is 2.42 bits per heavy atom. The lowest BCUT2D eigenvalue weighted by Crippen LogP contribution is -2.48. The molecule has 0 unspecified atom stereocenters. The van der Waals surface area contributed by atoms with Crippen LogP contribution in [0.25, 0.3) is 0 Å². The summed E-state index contributed by atoms with van der Waals surface area (Å²) in [5.74, 6) is 0.845. The zero-order valence-electron chi connectivity index (χ0n) is 15.5. The molecule has 0 aromatic heterocycles. The molecule has 0 N–H and O–H groups in total. The van der Waals surface area contributed by atoms with Gasteiger partial charge in [-0.25, -0.2) is 0 Å². The summed E-state index contributed by atoms with van der Waals surface area (Å²) in [7, 11) is 1.65. The van der Waals surface area contributed by atoms with Crippen LogP contribution in [0.1, 0.15) is 22.8 Å². The second-order valence-corrected chi connectivity index (χ2v) is 6.30. The van der Waals surface area contributed by atoms with Gasteiger partial charge < -0.3 is 19.3 Å². The van der Waals surface area contributed by atoms with E-state index in [9.17, 15) is 4.79 Å². The van der Waals surface area contributed by atoms with Crippen molar-refractivity contribution in [1.29, 1.82) is 0 Å². The minimum Gasteiger partial charge on any atom is -0.494 e. The van der Waals surface area contributed by atoms with E-state index in [4.69, 9.17) is 9.47 Å². The van der Waals surface area contributed by atoms with Crippen molar-refractivity contribution in [1.82, 2.24) is 4.90 Å². The van der Waals surface area contributed by atoms with Crippen molar-refractivity contribution in [3.05, 3.63) is 59.7 Å². The van der Waals surface area contributed by atoms with Crippen molar-refractivity contribution in [2.75, 3.05) is 44.8 Å². The fourth-order valence-electron chi connectivity index (χ4n) is 3.27. The van der Waals surface area contributed by atoms with Crippen LogP contribution in [0, 0.1) is 0 Å². The molecule has 1 aliphatic heterocycles. The number of anilines is 1. The normalized spacial score (nSPS) is 14.4. The highest BCUT2D eigenvalue weighted by Crippen LogP contribution is 2.23. The number of nitrogens with zero attached hydrogens (tertiary/aromatic N) is 2. The molecule has 0 spiro atoms. The van der Waals surface area contributed by atoms with Gasteiger partial charge in [0.25, 0.3) is 5.91 Å². The first-order valence-corrected chi connectivity index (χ1v) is 9.07. The van der Waals surface area contributed by atoms with Crippen LogP contribution in [-0.2, 0) is 11.3 Å². The molecule has 138 valence electrons. The summed E-state index contributed by atoms with van der Waals surface area (Å²) < 4.78 is 10.9. The van der Waals surface area contributed by atoms with E-state index < -0.39 is 0 Å². The topological polar surface area (TPSA) is 42.0 Å². The fourth-order valence-corrected chi connectivity index (χ4v) is 3.27. The maximum absolute atomic E-state index is 12.9. The van der Waals surface area contributed by atoms with Crippen LogP contribution < -0.4 is 9.64 Å². The van der Waals surface area contributed by atoms with E-state index in [2.05, 4.69) is 17.0 Å². The summed E-state index contributed by atoms with van der Waals surface area (Å²) in [6.45, 7) is 6.10. The zero-order valence-corrected chi connectivity index (χ0v) is 15.5. The van der Waals surface area contributed by atoms with Crippen molar-refractivity contribution in [2.24, 2.45) is 0 Å². The zero-order chi connectivity index (χ0) is 18.4. The van der Waals surface area contributed by atoms with Crippen molar-refractivity contribution >= 4 is 11.6 Å². The average molecular weight is 354 g/mol. The monoisotopic (exact) mass is 354 g/mol. The molecule has 1 aliphatic rings. The van der Waals surface area contributed by atoms with E-state index >= 15 is 0 Å². The predicted molar refractivity (Wildman–Crippen MR) is 103 cm³/mol. The first-order valence-electron chi connectivity index (χ1n) is 9.07. The lowest BCUT2D eigenvalue weighted by atomic mass is 10.1. The molecular weight excluding hydrogens is 328 g/mol. The first kappa shape index (κ1) is 18.3. The number of amides is 1. The van der Waals surface area contributed by atoms with E-state index in [0.717, 1.165) is 37.5 Å². The molecule has 5 nitrogen and oxygen atoms in total. The Balaban J connectivity index is 1.67. The number of para-hydroxylation sites is 1. The van der Waals surface area contributed by atoms with Crippen LogP contribution in [0.5, 0.6) is 5.75 Å². The third kappa shape index (κ3) is 4.17. The Labute approximate surface area is 155 Å². The summed E-state index contributed by atoms with van der Waals surface area (Å²) >= 11 is 0. The van der Waals surface area contributed by atoms with Crippen LogP contribution >= 0.6 is 0 Å². The van der Waals surface area contributed by atoms with Gasteiger partial charge in [-0.3, -0.25) is 4.79 Å². The van der Waals surface area contributed by atoms with Gasteiger partial charge in [-0.15, -0.1) is 0 Å². The van der Waals surface area contributed by atoms with Gasteiger partial charge in [0.15, 0.2) is 0 Å². The van der Waals surface area contributed by atoms with Gasteiger partial charge in [-0.05, 0) is 37.3 Å². The second kappa shape index (κ2) is 8.72. The van der Waals surface area contributed by atoms with Crippen molar-refractivity contribution in [2.45, 2.75) is 13.5 Å². The highest BCUT2D eigenvalue weighted by atomic mass is 16.5. The molecule has 0 aliphatic carbocycles. The molecule has 1 saturated heterocycles. The SMILES string of the molecule is CCOc1ccc(C(=O)N2CCN(c3ccccc3)CC2)cc1COC. The Bertz CT molecular complexity index is 725.